The molecule has 0 aliphatic carbocycles. The van der Waals surface area contributed by atoms with Gasteiger partial charge in [0.05, 0.1) is 17.7 Å². The fourth-order valence-corrected chi connectivity index (χ4v) is 5.84. The molecule has 0 radical (unpaired) electrons. The third kappa shape index (κ3) is 1.67. The Kier molecular flexibility index (Phi) is 3.33. The van der Waals surface area contributed by atoms with Gasteiger partial charge in [0, 0.05) is 4.91 Å². The van der Waals surface area contributed by atoms with Gasteiger partial charge in [-0.3, -0.25) is 0 Å². The monoisotopic (exact) mass is 321 g/mol. The van der Waals surface area contributed by atoms with Gasteiger partial charge in [0.15, 0.2) is 0 Å². The van der Waals surface area contributed by atoms with E-state index in [2.05, 4.69) is 6.58 Å². The number of hydrogen-bond acceptors (Lipinski definition) is 3. The predicted molar refractivity (Wildman–Crippen MR) is 86.4 cm³/mol. The maximum absolute atomic E-state index is 12.9. The van der Waals surface area contributed by atoms with Gasteiger partial charge < -0.3 is 5.11 Å². The van der Waals surface area contributed by atoms with E-state index in [1.165, 1.54) is 11.2 Å². The Hall–Kier alpha value is -1.17. The molecule has 0 aromatic heterocycles. The first-order valence-corrected chi connectivity index (χ1v) is 9.06. The van der Waals surface area contributed by atoms with Crippen molar-refractivity contribution in [3.8, 4) is 0 Å². The van der Waals surface area contributed by atoms with E-state index < -0.39 is 21.7 Å². The predicted octanol–water partition coefficient (Wildman–Crippen LogP) is 2.77. The highest BCUT2D eigenvalue weighted by molar-refractivity contribution is 7.93. The second-order valence-corrected chi connectivity index (χ2v) is 8.89. The highest BCUT2D eigenvalue weighted by Gasteiger charge is 2.63. The maximum Gasteiger partial charge on any atom is 0.239 e. The van der Waals surface area contributed by atoms with Crippen LogP contribution in [0.25, 0.3) is 0 Å². The van der Waals surface area contributed by atoms with Crippen LogP contribution >= 0.6 is 0 Å². The highest BCUT2D eigenvalue weighted by Crippen LogP contribution is 2.59. The van der Waals surface area contributed by atoms with Gasteiger partial charge in [-0.2, -0.15) is 4.31 Å². The normalized spacial score (nSPS) is 37.9. The summed E-state index contributed by atoms with van der Waals surface area (Å²) in [4.78, 5) is 0.116. The molecule has 0 spiro atoms. The van der Waals surface area contributed by atoms with Crippen LogP contribution in [0.1, 0.15) is 44.9 Å². The number of benzene rings is 1. The molecule has 5 atom stereocenters. The zero-order chi connectivity index (χ0) is 16.4. The summed E-state index contributed by atoms with van der Waals surface area (Å²) in [5.74, 6) is 0.0415. The fraction of sp³-hybridized carbons (Fsp3) is 0.529. The quantitative estimate of drug-likeness (QED) is 0.911. The standard InChI is InChI=1S/C17H23NO3S/c1-10(2)22(20,21)18-15-11(3)12(4)16(19)17(18,5)14-9-7-6-8-13(14)15/h6-9,11-12,15-16,19H,1H2,2-5H3. The maximum atomic E-state index is 12.9. The average molecular weight is 321 g/mol. The number of nitrogens with zero attached hydrogens (tertiary/aromatic N) is 1. The Labute approximate surface area is 132 Å². The number of piperidine rings is 1. The first kappa shape index (κ1) is 15.7. The third-order valence-corrected chi connectivity index (χ3v) is 7.64. The van der Waals surface area contributed by atoms with Crippen LogP contribution in [0.5, 0.6) is 0 Å². The van der Waals surface area contributed by atoms with Crippen molar-refractivity contribution in [2.75, 3.05) is 0 Å². The number of sulfonamides is 1. The lowest BCUT2D eigenvalue weighted by atomic mass is 9.75. The largest absolute Gasteiger partial charge is 0.391 e. The van der Waals surface area contributed by atoms with E-state index >= 15 is 0 Å². The second kappa shape index (κ2) is 4.66. The van der Waals surface area contributed by atoms with Crippen molar-refractivity contribution in [1.29, 1.82) is 0 Å². The Morgan fingerprint density at radius 3 is 2.45 bits per heavy atom. The van der Waals surface area contributed by atoms with Crippen LogP contribution < -0.4 is 0 Å². The minimum atomic E-state index is -3.67. The highest BCUT2D eigenvalue weighted by atomic mass is 32.2. The first-order valence-electron chi connectivity index (χ1n) is 7.62. The molecule has 2 bridgehead atoms. The van der Waals surface area contributed by atoms with Crippen molar-refractivity contribution in [1.82, 2.24) is 4.31 Å². The van der Waals surface area contributed by atoms with Crippen LogP contribution in [0.4, 0.5) is 0 Å². The van der Waals surface area contributed by atoms with Crippen LogP contribution in [-0.2, 0) is 15.6 Å². The third-order valence-electron chi connectivity index (χ3n) is 5.64. The van der Waals surface area contributed by atoms with E-state index in [1.807, 2.05) is 45.0 Å². The molecule has 0 amide bonds. The van der Waals surface area contributed by atoms with Crippen molar-refractivity contribution in [2.24, 2.45) is 11.8 Å². The molecule has 2 aliphatic rings. The summed E-state index contributed by atoms with van der Waals surface area (Å²) < 4.78 is 27.4. The van der Waals surface area contributed by atoms with Gasteiger partial charge in [0.25, 0.3) is 0 Å². The summed E-state index contributed by atoms with van der Waals surface area (Å²) in [6.07, 6.45) is -0.753. The number of hydrogen-bond donors (Lipinski definition) is 1. The van der Waals surface area contributed by atoms with Crippen molar-refractivity contribution in [3.05, 3.63) is 46.9 Å². The van der Waals surface area contributed by atoms with Gasteiger partial charge >= 0.3 is 0 Å². The summed E-state index contributed by atoms with van der Waals surface area (Å²) >= 11 is 0. The molecule has 1 aromatic carbocycles. The van der Waals surface area contributed by atoms with Crippen LogP contribution in [0, 0.1) is 11.8 Å². The molecule has 1 saturated heterocycles. The van der Waals surface area contributed by atoms with Crippen molar-refractivity contribution < 1.29 is 13.5 Å². The Morgan fingerprint density at radius 2 is 1.86 bits per heavy atom. The molecule has 1 aromatic rings. The fourth-order valence-electron chi connectivity index (χ4n) is 4.19. The van der Waals surface area contributed by atoms with E-state index in [9.17, 15) is 13.5 Å². The van der Waals surface area contributed by atoms with E-state index in [4.69, 9.17) is 0 Å². The summed E-state index contributed by atoms with van der Waals surface area (Å²) in [5, 5.41) is 10.9. The molecule has 120 valence electrons. The van der Waals surface area contributed by atoms with Crippen molar-refractivity contribution >= 4 is 10.0 Å². The minimum Gasteiger partial charge on any atom is -0.391 e. The molecular formula is C17H23NO3S. The molecular weight excluding hydrogens is 298 g/mol. The summed E-state index contributed by atoms with van der Waals surface area (Å²) in [6.45, 7) is 11.0. The first-order chi connectivity index (χ1) is 10.1. The van der Waals surface area contributed by atoms with E-state index in [0.717, 1.165) is 11.1 Å². The zero-order valence-corrected chi connectivity index (χ0v) is 14.3. The molecule has 0 saturated carbocycles. The number of fused-ring (bicyclic) bond motifs is 5. The van der Waals surface area contributed by atoms with E-state index in [1.54, 1.807) is 0 Å². The second-order valence-electron chi connectivity index (χ2n) is 6.85. The number of aliphatic hydroxyl groups is 1. The zero-order valence-electron chi connectivity index (χ0n) is 13.4. The Morgan fingerprint density at radius 1 is 1.27 bits per heavy atom. The summed E-state index contributed by atoms with van der Waals surface area (Å²) in [6, 6.07) is 7.50. The topological polar surface area (TPSA) is 57.6 Å². The molecule has 5 heteroatoms. The average Bonchev–Trinajstić information content (AvgIpc) is 2.73. The molecule has 1 fully saturated rings. The molecule has 2 heterocycles. The summed E-state index contributed by atoms with van der Waals surface area (Å²) in [7, 11) is -3.67. The lowest BCUT2D eigenvalue weighted by molar-refractivity contribution is -0.0850. The van der Waals surface area contributed by atoms with Gasteiger partial charge in [0.2, 0.25) is 10.0 Å². The lowest BCUT2D eigenvalue weighted by Crippen LogP contribution is -2.59. The molecule has 2 aliphatic heterocycles. The Balaban J connectivity index is 2.34. The van der Waals surface area contributed by atoms with E-state index in [0.29, 0.717) is 0 Å². The van der Waals surface area contributed by atoms with Crippen LogP contribution in [0.15, 0.2) is 35.7 Å². The molecule has 1 N–H and O–H groups in total. The number of allylic oxidation sites excluding steroid dienone is 1. The van der Waals surface area contributed by atoms with Crippen LogP contribution in [-0.4, -0.2) is 23.9 Å². The van der Waals surface area contributed by atoms with Gasteiger partial charge in [-0.15, -0.1) is 0 Å². The molecule has 5 unspecified atom stereocenters. The number of aliphatic hydroxyl groups excluding tert-OH is 1. The molecule has 3 rings (SSSR count). The van der Waals surface area contributed by atoms with Crippen LogP contribution in [0.3, 0.4) is 0 Å². The van der Waals surface area contributed by atoms with Crippen LogP contribution in [0.2, 0.25) is 0 Å². The van der Waals surface area contributed by atoms with Gasteiger partial charge in [-0.25, -0.2) is 8.42 Å². The van der Waals surface area contributed by atoms with Crippen molar-refractivity contribution in [2.45, 2.75) is 45.4 Å². The SMILES string of the molecule is C=C(C)S(=O)(=O)N1C2c3ccccc3C1(C)C(O)C(C)C2C. The smallest absolute Gasteiger partial charge is 0.239 e. The number of rotatable bonds is 2. The Bertz CT molecular complexity index is 742. The molecule has 22 heavy (non-hydrogen) atoms. The molecule has 4 nitrogen and oxygen atoms in total. The lowest BCUT2D eigenvalue weighted by Gasteiger charge is -2.50. The van der Waals surface area contributed by atoms with Gasteiger partial charge in [-0.05, 0) is 36.8 Å². The van der Waals surface area contributed by atoms with Gasteiger partial charge in [-0.1, -0.05) is 44.7 Å². The minimum absolute atomic E-state index is 0.0129. The summed E-state index contributed by atoms with van der Waals surface area (Å²) in [5.41, 5.74) is 0.976. The van der Waals surface area contributed by atoms with E-state index in [-0.39, 0.29) is 22.8 Å². The van der Waals surface area contributed by atoms with Gasteiger partial charge in [0.1, 0.15) is 0 Å². The van der Waals surface area contributed by atoms with Crippen molar-refractivity contribution in [3.63, 3.8) is 0 Å².